The van der Waals surface area contributed by atoms with Crippen molar-refractivity contribution in [1.82, 2.24) is 4.72 Å². The van der Waals surface area contributed by atoms with E-state index in [0.29, 0.717) is 10.7 Å². The second kappa shape index (κ2) is 8.17. The second-order valence-electron chi connectivity index (χ2n) is 5.93. The number of ether oxygens (including phenoxy) is 2. The number of benzene rings is 2. The van der Waals surface area contributed by atoms with Crippen LogP contribution in [0, 0.1) is 0 Å². The van der Waals surface area contributed by atoms with Crippen molar-refractivity contribution in [2.45, 2.75) is 11.4 Å². The lowest BCUT2D eigenvalue weighted by Crippen LogP contribution is -2.42. The van der Waals surface area contributed by atoms with Gasteiger partial charge in [-0.15, -0.1) is 0 Å². The summed E-state index contributed by atoms with van der Waals surface area (Å²) in [6, 6.07) is 10.9. The molecule has 2 aromatic rings. The van der Waals surface area contributed by atoms with E-state index >= 15 is 0 Å². The highest BCUT2D eigenvalue weighted by Crippen LogP contribution is 2.34. The van der Waals surface area contributed by atoms with Crippen LogP contribution in [0.1, 0.15) is 5.56 Å². The van der Waals surface area contributed by atoms with Crippen LogP contribution in [0.2, 0.25) is 5.02 Å². The third kappa shape index (κ3) is 4.44. The van der Waals surface area contributed by atoms with Gasteiger partial charge in [0.25, 0.3) is 5.91 Å². The molecule has 0 spiro atoms. The molecule has 1 amide bonds. The molecule has 0 saturated heterocycles. The monoisotopic (exact) mass is 424 g/mol. The number of sulfonamides is 1. The van der Waals surface area contributed by atoms with E-state index in [1.165, 1.54) is 30.2 Å². The van der Waals surface area contributed by atoms with Gasteiger partial charge in [0.05, 0.1) is 17.7 Å². The molecule has 3 rings (SSSR count). The molecule has 1 heterocycles. The molecule has 1 aliphatic heterocycles. The Morgan fingerprint density at radius 2 is 1.96 bits per heavy atom. The molecular weight excluding hydrogens is 408 g/mol. The molecule has 10 heteroatoms. The van der Waals surface area contributed by atoms with Gasteiger partial charge < -0.3 is 9.47 Å². The Hall–Kier alpha value is -2.62. The average Bonchev–Trinajstić information content (AvgIpc) is 2.69. The molecule has 0 bridgehead atoms. The van der Waals surface area contributed by atoms with Crippen molar-refractivity contribution in [2.75, 3.05) is 25.2 Å². The summed E-state index contributed by atoms with van der Waals surface area (Å²) in [5.74, 6) is -0.824. The summed E-state index contributed by atoms with van der Waals surface area (Å²) in [5.41, 5.74) is 1.05. The Morgan fingerprint density at radius 1 is 1.25 bits per heavy atom. The molecule has 0 fully saturated rings. The number of methoxy groups -OCH3 is 1. The van der Waals surface area contributed by atoms with E-state index in [2.05, 4.69) is 9.46 Å². The second-order valence-corrected chi connectivity index (χ2v) is 8.13. The zero-order valence-corrected chi connectivity index (χ0v) is 16.4. The van der Waals surface area contributed by atoms with Gasteiger partial charge in [0.2, 0.25) is 10.0 Å². The van der Waals surface area contributed by atoms with E-state index < -0.39 is 21.9 Å². The largest absolute Gasteiger partial charge is 0.482 e. The summed E-state index contributed by atoms with van der Waals surface area (Å²) in [7, 11) is -2.60. The van der Waals surface area contributed by atoms with Crippen LogP contribution in [-0.2, 0) is 30.9 Å². The summed E-state index contributed by atoms with van der Waals surface area (Å²) in [4.78, 5) is 24.7. The van der Waals surface area contributed by atoms with E-state index in [4.69, 9.17) is 16.3 Å². The predicted molar refractivity (Wildman–Crippen MR) is 102 cm³/mol. The van der Waals surface area contributed by atoms with Crippen LogP contribution in [0.5, 0.6) is 5.75 Å². The molecule has 148 valence electrons. The van der Waals surface area contributed by atoms with Crippen LogP contribution in [0.3, 0.4) is 0 Å². The van der Waals surface area contributed by atoms with Crippen molar-refractivity contribution in [3.63, 3.8) is 0 Å². The topological polar surface area (TPSA) is 102 Å². The van der Waals surface area contributed by atoms with Gasteiger partial charge in [-0.25, -0.2) is 13.1 Å². The zero-order valence-electron chi connectivity index (χ0n) is 14.8. The van der Waals surface area contributed by atoms with Crippen LogP contribution in [0.25, 0.3) is 0 Å². The lowest BCUT2D eigenvalue weighted by Gasteiger charge is -2.28. The van der Waals surface area contributed by atoms with Crippen molar-refractivity contribution >= 4 is 39.2 Å². The minimum atomic E-state index is -3.82. The summed E-state index contributed by atoms with van der Waals surface area (Å²) in [6.45, 7) is -0.497. The van der Waals surface area contributed by atoms with Crippen molar-refractivity contribution in [2.24, 2.45) is 0 Å². The number of fused-ring (bicyclic) bond motifs is 1. The maximum atomic E-state index is 12.6. The molecule has 2 aromatic carbocycles. The highest BCUT2D eigenvalue weighted by molar-refractivity contribution is 7.89. The van der Waals surface area contributed by atoms with E-state index in [9.17, 15) is 18.0 Å². The standard InChI is InChI=1S/C18H17ClN2O6S/c1-26-18(23)10-21-15-7-6-14(8-16(15)27-11-17(21)22)28(24,25)20-9-12-2-4-13(19)5-3-12/h2-8,20H,9-11H2,1H3. The number of amides is 1. The lowest BCUT2D eigenvalue weighted by molar-refractivity contribution is -0.140. The number of hydrogen-bond donors (Lipinski definition) is 1. The number of carbonyl (C=O) groups is 2. The predicted octanol–water partition coefficient (Wildman–Crippen LogP) is 1.72. The number of carbonyl (C=O) groups excluding carboxylic acids is 2. The van der Waals surface area contributed by atoms with Crippen LogP contribution in [0.4, 0.5) is 5.69 Å². The van der Waals surface area contributed by atoms with Crippen LogP contribution < -0.4 is 14.4 Å². The first-order chi connectivity index (χ1) is 13.3. The first-order valence-electron chi connectivity index (χ1n) is 8.18. The minimum Gasteiger partial charge on any atom is -0.482 e. The Morgan fingerprint density at radius 3 is 2.64 bits per heavy atom. The fourth-order valence-electron chi connectivity index (χ4n) is 2.58. The molecule has 0 radical (unpaired) electrons. The van der Waals surface area contributed by atoms with Crippen molar-refractivity contribution in [3.05, 3.63) is 53.1 Å². The zero-order chi connectivity index (χ0) is 20.3. The third-order valence-electron chi connectivity index (χ3n) is 4.08. The number of halogens is 1. The maximum Gasteiger partial charge on any atom is 0.325 e. The van der Waals surface area contributed by atoms with Gasteiger partial charge in [0.1, 0.15) is 12.3 Å². The van der Waals surface area contributed by atoms with Gasteiger partial charge in [-0.05, 0) is 29.8 Å². The molecule has 8 nitrogen and oxygen atoms in total. The fraction of sp³-hybridized carbons (Fsp3) is 0.222. The Balaban J connectivity index is 1.80. The molecule has 28 heavy (non-hydrogen) atoms. The minimum absolute atomic E-state index is 0.0208. The molecule has 0 atom stereocenters. The van der Waals surface area contributed by atoms with Crippen LogP contribution in [0.15, 0.2) is 47.4 Å². The maximum absolute atomic E-state index is 12.6. The summed E-state index contributed by atoms with van der Waals surface area (Å²) >= 11 is 5.82. The Labute approximate surface area is 167 Å². The van der Waals surface area contributed by atoms with Crippen LogP contribution in [-0.4, -0.2) is 40.6 Å². The van der Waals surface area contributed by atoms with Crippen molar-refractivity contribution < 1.29 is 27.5 Å². The number of nitrogens with one attached hydrogen (secondary N) is 1. The number of esters is 1. The SMILES string of the molecule is COC(=O)CN1C(=O)COc2cc(S(=O)(=O)NCc3ccc(Cl)cc3)ccc21. The van der Waals surface area contributed by atoms with Gasteiger partial charge in [-0.1, -0.05) is 23.7 Å². The van der Waals surface area contributed by atoms with E-state index in [1.807, 2.05) is 0 Å². The molecule has 1 N–H and O–H groups in total. The van der Waals surface area contributed by atoms with E-state index in [0.717, 1.165) is 5.56 Å². The fourth-order valence-corrected chi connectivity index (χ4v) is 3.74. The van der Waals surface area contributed by atoms with E-state index in [1.54, 1.807) is 24.3 Å². The van der Waals surface area contributed by atoms with Gasteiger partial charge in [0, 0.05) is 17.6 Å². The summed E-state index contributed by atoms with van der Waals surface area (Å²) in [6.07, 6.45) is 0. The van der Waals surface area contributed by atoms with Gasteiger partial charge >= 0.3 is 5.97 Å². The lowest BCUT2D eigenvalue weighted by atomic mass is 10.2. The Kier molecular flexibility index (Phi) is 5.87. The van der Waals surface area contributed by atoms with Gasteiger partial charge in [0.15, 0.2) is 6.61 Å². The van der Waals surface area contributed by atoms with Crippen molar-refractivity contribution in [3.8, 4) is 5.75 Å². The summed E-state index contributed by atoms with van der Waals surface area (Å²) < 4.78 is 37.6. The van der Waals surface area contributed by atoms with Gasteiger partial charge in [-0.3, -0.25) is 14.5 Å². The normalized spacial score (nSPS) is 13.6. The highest BCUT2D eigenvalue weighted by atomic mass is 35.5. The number of anilines is 1. The quantitative estimate of drug-likeness (QED) is 0.708. The first kappa shape index (κ1) is 20.1. The first-order valence-corrected chi connectivity index (χ1v) is 10.0. The molecule has 0 aromatic heterocycles. The third-order valence-corrected chi connectivity index (χ3v) is 5.73. The van der Waals surface area contributed by atoms with Crippen LogP contribution >= 0.6 is 11.6 Å². The van der Waals surface area contributed by atoms with E-state index in [-0.39, 0.29) is 30.3 Å². The number of rotatable bonds is 6. The molecule has 0 aliphatic carbocycles. The smallest absolute Gasteiger partial charge is 0.325 e. The van der Waals surface area contributed by atoms with Crippen molar-refractivity contribution in [1.29, 1.82) is 0 Å². The van der Waals surface area contributed by atoms with Gasteiger partial charge in [-0.2, -0.15) is 0 Å². The Bertz CT molecular complexity index is 1010. The molecule has 0 saturated carbocycles. The summed E-state index contributed by atoms with van der Waals surface area (Å²) in [5, 5.41) is 0.560. The molecule has 0 unspecified atom stereocenters. The average molecular weight is 425 g/mol. The number of nitrogens with zero attached hydrogens (tertiary/aromatic N) is 1. The number of hydrogen-bond acceptors (Lipinski definition) is 6. The molecular formula is C18H17ClN2O6S. The molecule has 1 aliphatic rings. The highest BCUT2D eigenvalue weighted by Gasteiger charge is 2.29.